The molecule has 2 aliphatic heterocycles. The molecule has 0 spiro atoms. The minimum Gasteiger partial charge on any atom is -0.452 e. The summed E-state index contributed by atoms with van der Waals surface area (Å²) in [5.41, 5.74) is 1.26. The van der Waals surface area contributed by atoms with Crippen molar-refractivity contribution in [1.82, 2.24) is 9.80 Å². The Morgan fingerprint density at radius 3 is 2.56 bits per heavy atom. The lowest BCUT2D eigenvalue weighted by Gasteiger charge is -2.32. The summed E-state index contributed by atoms with van der Waals surface area (Å²) in [4.78, 5) is 28.9. The summed E-state index contributed by atoms with van der Waals surface area (Å²) < 4.78 is 5.51. The normalized spacial score (nSPS) is 22.6. The molecule has 2 heterocycles. The van der Waals surface area contributed by atoms with Gasteiger partial charge in [0.15, 0.2) is 6.10 Å². The van der Waals surface area contributed by atoms with Crippen LogP contribution in [0.25, 0.3) is 0 Å². The molecule has 0 aromatic heterocycles. The number of likely N-dealkylation sites (tertiary alicyclic amines) is 2. The standard InChI is InChI=1S/C20H28N2O3/c1-16(19(23)22-12-5-6-13-22)25-20(24)18-10-7-11-21(15-18)14-17-8-3-2-4-9-17/h2-4,8-9,16,18H,5-7,10-15H2,1H3. The molecule has 0 aliphatic carbocycles. The Kier molecular flexibility index (Phi) is 6.08. The van der Waals surface area contributed by atoms with Crippen LogP contribution in [0.15, 0.2) is 30.3 Å². The zero-order valence-corrected chi connectivity index (χ0v) is 15.0. The number of ether oxygens (including phenoxy) is 1. The molecule has 25 heavy (non-hydrogen) atoms. The van der Waals surface area contributed by atoms with Crippen LogP contribution in [0.1, 0.15) is 38.2 Å². The van der Waals surface area contributed by atoms with Crippen molar-refractivity contribution in [2.24, 2.45) is 5.92 Å². The van der Waals surface area contributed by atoms with E-state index in [0.29, 0.717) is 6.54 Å². The van der Waals surface area contributed by atoms with Gasteiger partial charge in [0.2, 0.25) is 0 Å². The molecule has 2 fully saturated rings. The first-order valence-corrected chi connectivity index (χ1v) is 9.39. The van der Waals surface area contributed by atoms with Gasteiger partial charge in [-0.15, -0.1) is 0 Å². The van der Waals surface area contributed by atoms with E-state index >= 15 is 0 Å². The highest BCUT2D eigenvalue weighted by Gasteiger charge is 2.31. The van der Waals surface area contributed by atoms with E-state index < -0.39 is 6.10 Å². The zero-order chi connectivity index (χ0) is 17.6. The number of rotatable bonds is 5. The third-order valence-electron chi connectivity index (χ3n) is 5.15. The van der Waals surface area contributed by atoms with Gasteiger partial charge in [-0.3, -0.25) is 14.5 Å². The van der Waals surface area contributed by atoms with E-state index in [2.05, 4.69) is 17.0 Å². The molecule has 2 aliphatic rings. The van der Waals surface area contributed by atoms with E-state index in [0.717, 1.165) is 51.9 Å². The molecule has 136 valence electrons. The van der Waals surface area contributed by atoms with Gasteiger partial charge < -0.3 is 9.64 Å². The Labute approximate surface area is 149 Å². The Morgan fingerprint density at radius 1 is 1.12 bits per heavy atom. The quantitative estimate of drug-likeness (QED) is 0.770. The monoisotopic (exact) mass is 344 g/mol. The van der Waals surface area contributed by atoms with Crippen molar-refractivity contribution >= 4 is 11.9 Å². The van der Waals surface area contributed by atoms with Crippen LogP contribution >= 0.6 is 0 Å². The van der Waals surface area contributed by atoms with Crippen molar-refractivity contribution in [3.05, 3.63) is 35.9 Å². The minimum absolute atomic E-state index is 0.0530. The maximum Gasteiger partial charge on any atom is 0.311 e. The predicted octanol–water partition coefficient (Wildman–Crippen LogP) is 2.45. The molecule has 0 N–H and O–H groups in total. The molecule has 3 rings (SSSR count). The van der Waals surface area contributed by atoms with Crippen LogP contribution in [-0.4, -0.2) is 54.0 Å². The highest BCUT2D eigenvalue weighted by Crippen LogP contribution is 2.21. The molecule has 5 nitrogen and oxygen atoms in total. The summed E-state index contributed by atoms with van der Waals surface area (Å²) in [7, 11) is 0. The van der Waals surface area contributed by atoms with Gasteiger partial charge in [-0.1, -0.05) is 30.3 Å². The molecule has 0 radical (unpaired) electrons. The van der Waals surface area contributed by atoms with Crippen LogP contribution in [0, 0.1) is 5.92 Å². The van der Waals surface area contributed by atoms with Gasteiger partial charge in [-0.2, -0.15) is 0 Å². The fourth-order valence-corrected chi connectivity index (χ4v) is 3.75. The molecule has 0 saturated carbocycles. The number of carbonyl (C=O) groups is 2. The smallest absolute Gasteiger partial charge is 0.311 e. The first-order valence-electron chi connectivity index (χ1n) is 9.39. The molecule has 5 heteroatoms. The molecule has 2 unspecified atom stereocenters. The molecular weight excluding hydrogens is 316 g/mol. The van der Waals surface area contributed by atoms with Crippen LogP contribution in [0.3, 0.4) is 0 Å². The lowest BCUT2D eigenvalue weighted by molar-refractivity contribution is -0.163. The molecule has 2 saturated heterocycles. The molecule has 1 amide bonds. The second kappa shape index (κ2) is 8.48. The highest BCUT2D eigenvalue weighted by molar-refractivity contribution is 5.84. The van der Waals surface area contributed by atoms with Gasteiger partial charge >= 0.3 is 5.97 Å². The van der Waals surface area contributed by atoms with Crippen LogP contribution < -0.4 is 0 Å². The third-order valence-corrected chi connectivity index (χ3v) is 5.15. The van der Waals surface area contributed by atoms with E-state index in [1.54, 1.807) is 11.8 Å². The van der Waals surface area contributed by atoms with Crippen molar-refractivity contribution in [2.75, 3.05) is 26.2 Å². The fraction of sp³-hybridized carbons (Fsp3) is 0.600. The fourth-order valence-electron chi connectivity index (χ4n) is 3.75. The summed E-state index contributed by atoms with van der Waals surface area (Å²) in [5, 5.41) is 0. The minimum atomic E-state index is -0.671. The largest absolute Gasteiger partial charge is 0.452 e. The van der Waals surface area contributed by atoms with Crippen molar-refractivity contribution in [3.8, 4) is 0 Å². The van der Waals surface area contributed by atoms with Gasteiger partial charge in [0.05, 0.1) is 5.92 Å². The zero-order valence-electron chi connectivity index (χ0n) is 15.0. The van der Waals surface area contributed by atoms with Gasteiger partial charge in [-0.05, 0) is 44.7 Å². The number of benzene rings is 1. The summed E-state index contributed by atoms with van der Waals surface area (Å²) in [6.45, 7) is 5.83. The Balaban J connectivity index is 1.50. The van der Waals surface area contributed by atoms with E-state index in [4.69, 9.17) is 4.74 Å². The molecular formula is C20H28N2O3. The van der Waals surface area contributed by atoms with E-state index in [-0.39, 0.29) is 17.8 Å². The first kappa shape index (κ1) is 17.9. The van der Waals surface area contributed by atoms with Gasteiger partial charge in [-0.25, -0.2) is 0 Å². The van der Waals surface area contributed by atoms with E-state index in [1.165, 1.54) is 5.56 Å². The number of hydrogen-bond donors (Lipinski definition) is 0. The number of carbonyl (C=O) groups excluding carboxylic acids is 2. The van der Waals surface area contributed by atoms with Crippen molar-refractivity contribution in [2.45, 2.75) is 45.3 Å². The Morgan fingerprint density at radius 2 is 1.84 bits per heavy atom. The van der Waals surface area contributed by atoms with Crippen LogP contribution in [0.4, 0.5) is 0 Å². The third kappa shape index (κ3) is 4.82. The number of piperidine rings is 1. The summed E-state index contributed by atoms with van der Waals surface area (Å²) in [5.74, 6) is -0.410. The molecule has 0 bridgehead atoms. The van der Waals surface area contributed by atoms with Gasteiger partial charge in [0.1, 0.15) is 0 Å². The molecule has 1 aromatic carbocycles. The van der Waals surface area contributed by atoms with Crippen molar-refractivity contribution in [3.63, 3.8) is 0 Å². The number of esters is 1. The summed E-state index contributed by atoms with van der Waals surface area (Å²) >= 11 is 0. The van der Waals surface area contributed by atoms with E-state index in [1.807, 2.05) is 18.2 Å². The van der Waals surface area contributed by atoms with Crippen molar-refractivity contribution in [1.29, 1.82) is 0 Å². The second-order valence-corrected chi connectivity index (χ2v) is 7.17. The number of hydrogen-bond acceptors (Lipinski definition) is 4. The molecule has 1 aromatic rings. The Hall–Kier alpha value is -1.88. The van der Waals surface area contributed by atoms with Crippen molar-refractivity contribution < 1.29 is 14.3 Å². The predicted molar refractivity (Wildman–Crippen MR) is 95.8 cm³/mol. The molecule has 2 atom stereocenters. The first-order chi connectivity index (χ1) is 12.1. The average Bonchev–Trinajstić information content (AvgIpc) is 3.16. The Bertz CT molecular complexity index is 584. The topological polar surface area (TPSA) is 49.9 Å². The SMILES string of the molecule is CC(OC(=O)C1CCCN(Cc2ccccc2)C1)C(=O)N1CCCC1. The highest BCUT2D eigenvalue weighted by atomic mass is 16.5. The van der Waals surface area contributed by atoms with Crippen LogP contribution in [0.5, 0.6) is 0 Å². The number of nitrogens with zero attached hydrogens (tertiary/aromatic N) is 2. The lowest BCUT2D eigenvalue weighted by Crippen LogP contribution is -2.42. The second-order valence-electron chi connectivity index (χ2n) is 7.17. The van der Waals surface area contributed by atoms with E-state index in [9.17, 15) is 9.59 Å². The number of amides is 1. The van der Waals surface area contributed by atoms with Gasteiger partial charge in [0.25, 0.3) is 5.91 Å². The summed E-state index contributed by atoms with van der Waals surface area (Å²) in [6.07, 6.45) is 3.25. The summed E-state index contributed by atoms with van der Waals surface area (Å²) in [6, 6.07) is 10.3. The van der Waals surface area contributed by atoms with Crippen LogP contribution in [-0.2, 0) is 20.9 Å². The lowest BCUT2D eigenvalue weighted by atomic mass is 9.97. The maximum atomic E-state index is 12.5. The average molecular weight is 344 g/mol. The van der Waals surface area contributed by atoms with Gasteiger partial charge in [0, 0.05) is 26.2 Å². The van der Waals surface area contributed by atoms with Crippen LogP contribution in [0.2, 0.25) is 0 Å². The maximum absolute atomic E-state index is 12.5.